The van der Waals surface area contributed by atoms with Crippen LogP contribution in [0.4, 0.5) is 11.8 Å². The molecule has 0 saturated carbocycles. The molecule has 2 fully saturated rings. The molecule has 0 radical (unpaired) electrons. The first-order valence-electron chi connectivity index (χ1n) is 8.55. The molecule has 2 atom stereocenters. The van der Waals surface area contributed by atoms with Crippen LogP contribution in [-0.4, -0.2) is 63.6 Å². The Hall–Kier alpha value is -1.40. The van der Waals surface area contributed by atoms with Crippen LogP contribution in [0.5, 0.6) is 0 Å². The molecule has 0 aromatic carbocycles. The first-order chi connectivity index (χ1) is 11.1. The molecule has 2 aliphatic heterocycles. The van der Waals surface area contributed by atoms with E-state index in [4.69, 9.17) is 14.5 Å². The molecule has 6 nitrogen and oxygen atoms in total. The Morgan fingerprint density at radius 3 is 2.22 bits per heavy atom. The number of aryl methyl sites for hydroxylation is 1. The topological polar surface area (TPSA) is 50.7 Å². The van der Waals surface area contributed by atoms with Gasteiger partial charge in [-0.2, -0.15) is 4.98 Å². The quantitative estimate of drug-likeness (QED) is 0.796. The molecule has 0 spiro atoms. The van der Waals surface area contributed by atoms with E-state index in [0.717, 1.165) is 69.7 Å². The van der Waals surface area contributed by atoms with E-state index in [0.29, 0.717) is 11.8 Å². The summed E-state index contributed by atoms with van der Waals surface area (Å²) in [6.45, 7) is 7.49. The van der Waals surface area contributed by atoms with Crippen LogP contribution in [0.3, 0.4) is 0 Å². The van der Waals surface area contributed by atoms with Crippen LogP contribution in [0, 0.1) is 18.8 Å². The molecule has 0 aliphatic carbocycles. The van der Waals surface area contributed by atoms with Crippen molar-refractivity contribution < 1.29 is 9.47 Å². The molecular formula is C17H28N4O2. The highest BCUT2D eigenvalue weighted by atomic mass is 16.5. The van der Waals surface area contributed by atoms with E-state index in [-0.39, 0.29) is 0 Å². The van der Waals surface area contributed by atoms with Crippen molar-refractivity contribution in [3.8, 4) is 0 Å². The minimum Gasteiger partial charge on any atom is -0.381 e. The predicted octanol–water partition coefficient (Wildman–Crippen LogP) is 1.73. The summed E-state index contributed by atoms with van der Waals surface area (Å²) in [6.07, 6.45) is 4.20. The SMILES string of the molecule is Cc1cnc(N(C)CC2CCOC2)nc1N(C)CC1CCOC1. The lowest BCUT2D eigenvalue weighted by atomic mass is 10.1. The smallest absolute Gasteiger partial charge is 0.227 e. The second-order valence-corrected chi connectivity index (χ2v) is 6.90. The third-order valence-electron chi connectivity index (χ3n) is 4.75. The molecule has 1 aromatic rings. The van der Waals surface area contributed by atoms with Crippen molar-refractivity contribution in [1.29, 1.82) is 0 Å². The van der Waals surface area contributed by atoms with Gasteiger partial charge in [0.2, 0.25) is 5.95 Å². The Morgan fingerprint density at radius 1 is 1.04 bits per heavy atom. The zero-order chi connectivity index (χ0) is 16.2. The number of hydrogen-bond donors (Lipinski definition) is 0. The summed E-state index contributed by atoms with van der Waals surface area (Å²) in [7, 11) is 4.18. The van der Waals surface area contributed by atoms with Crippen molar-refractivity contribution in [1.82, 2.24) is 9.97 Å². The van der Waals surface area contributed by atoms with Gasteiger partial charge in [-0.05, 0) is 19.8 Å². The fourth-order valence-electron chi connectivity index (χ4n) is 3.39. The largest absolute Gasteiger partial charge is 0.381 e. The third-order valence-corrected chi connectivity index (χ3v) is 4.75. The summed E-state index contributed by atoms with van der Waals surface area (Å²) in [5.41, 5.74) is 1.12. The molecule has 1 aromatic heterocycles. The van der Waals surface area contributed by atoms with Crippen LogP contribution in [0.25, 0.3) is 0 Å². The lowest BCUT2D eigenvalue weighted by molar-refractivity contribution is 0.186. The molecular weight excluding hydrogens is 292 g/mol. The fourth-order valence-corrected chi connectivity index (χ4v) is 3.39. The Balaban J connectivity index is 1.67. The molecule has 3 heterocycles. The van der Waals surface area contributed by atoms with Gasteiger partial charge in [-0.15, -0.1) is 0 Å². The lowest BCUT2D eigenvalue weighted by Gasteiger charge is -2.25. The van der Waals surface area contributed by atoms with Gasteiger partial charge in [0.25, 0.3) is 0 Å². The summed E-state index contributed by atoms with van der Waals surface area (Å²) in [5, 5.41) is 0. The van der Waals surface area contributed by atoms with E-state index in [1.54, 1.807) is 0 Å². The molecule has 3 rings (SSSR count). The maximum Gasteiger partial charge on any atom is 0.227 e. The number of hydrogen-bond acceptors (Lipinski definition) is 6. The van der Waals surface area contributed by atoms with Crippen molar-refractivity contribution >= 4 is 11.8 Å². The van der Waals surface area contributed by atoms with Gasteiger partial charge >= 0.3 is 0 Å². The Bertz CT molecular complexity index is 513. The van der Waals surface area contributed by atoms with Crippen LogP contribution in [-0.2, 0) is 9.47 Å². The zero-order valence-corrected chi connectivity index (χ0v) is 14.5. The second-order valence-electron chi connectivity index (χ2n) is 6.90. The van der Waals surface area contributed by atoms with E-state index in [1.165, 1.54) is 0 Å². The predicted molar refractivity (Wildman–Crippen MR) is 91.2 cm³/mol. The van der Waals surface area contributed by atoms with Gasteiger partial charge < -0.3 is 19.3 Å². The normalized spacial score (nSPS) is 24.1. The van der Waals surface area contributed by atoms with Crippen LogP contribution >= 0.6 is 0 Å². The van der Waals surface area contributed by atoms with Crippen molar-refractivity contribution in [2.45, 2.75) is 19.8 Å². The number of nitrogens with zero attached hydrogens (tertiary/aromatic N) is 4. The molecule has 0 bridgehead atoms. The van der Waals surface area contributed by atoms with E-state index in [9.17, 15) is 0 Å². The Labute approximate surface area is 138 Å². The summed E-state index contributed by atoms with van der Waals surface area (Å²) >= 11 is 0. The second kappa shape index (κ2) is 7.45. The zero-order valence-electron chi connectivity index (χ0n) is 14.5. The van der Waals surface area contributed by atoms with E-state index in [1.807, 2.05) is 6.20 Å². The van der Waals surface area contributed by atoms with Crippen molar-refractivity contribution in [2.75, 3.05) is 63.4 Å². The van der Waals surface area contributed by atoms with Gasteiger partial charge in [-0.3, -0.25) is 0 Å². The highest BCUT2D eigenvalue weighted by molar-refractivity contribution is 5.49. The third kappa shape index (κ3) is 4.12. The maximum absolute atomic E-state index is 5.48. The monoisotopic (exact) mass is 320 g/mol. The average Bonchev–Trinajstić information content (AvgIpc) is 3.21. The molecule has 2 aliphatic rings. The van der Waals surface area contributed by atoms with Crippen LogP contribution in [0.1, 0.15) is 18.4 Å². The fraction of sp³-hybridized carbons (Fsp3) is 0.765. The standard InChI is InChI=1S/C17H28N4O2/c1-13-8-18-17(21(3)10-15-5-7-23-12-15)19-16(13)20(2)9-14-4-6-22-11-14/h8,14-15H,4-7,9-12H2,1-3H3. The number of anilines is 2. The molecule has 6 heteroatoms. The van der Waals surface area contributed by atoms with Gasteiger partial charge in [-0.1, -0.05) is 0 Å². The molecule has 2 unspecified atom stereocenters. The highest BCUT2D eigenvalue weighted by Crippen LogP contribution is 2.23. The van der Waals surface area contributed by atoms with Crippen LogP contribution < -0.4 is 9.80 Å². The molecule has 23 heavy (non-hydrogen) atoms. The van der Waals surface area contributed by atoms with E-state index >= 15 is 0 Å². The average molecular weight is 320 g/mol. The summed E-state index contributed by atoms with van der Waals surface area (Å²) in [5.74, 6) is 3.01. The number of ether oxygens (including phenoxy) is 2. The van der Waals surface area contributed by atoms with Gasteiger partial charge in [0.1, 0.15) is 5.82 Å². The molecule has 0 N–H and O–H groups in total. The lowest BCUT2D eigenvalue weighted by Crippen LogP contribution is -2.30. The highest BCUT2D eigenvalue weighted by Gasteiger charge is 2.21. The van der Waals surface area contributed by atoms with E-state index < -0.39 is 0 Å². The van der Waals surface area contributed by atoms with Gasteiger partial charge in [0, 0.05) is 64.0 Å². The molecule has 2 saturated heterocycles. The van der Waals surface area contributed by atoms with Gasteiger partial charge in [0.05, 0.1) is 13.2 Å². The minimum atomic E-state index is 0.585. The Morgan fingerprint density at radius 2 is 1.65 bits per heavy atom. The number of aromatic nitrogens is 2. The number of rotatable bonds is 6. The molecule has 128 valence electrons. The maximum atomic E-state index is 5.48. The first-order valence-corrected chi connectivity index (χ1v) is 8.55. The van der Waals surface area contributed by atoms with Crippen LogP contribution in [0.2, 0.25) is 0 Å². The van der Waals surface area contributed by atoms with Crippen LogP contribution in [0.15, 0.2) is 6.20 Å². The van der Waals surface area contributed by atoms with Crippen molar-refractivity contribution in [3.63, 3.8) is 0 Å². The molecule has 0 amide bonds. The Kier molecular flexibility index (Phi) is 5.33. The van der Waals surface area contributed by atoms with Gasteiger partial charge in [-0.25, -0.2) is 4.98 Å². The summed E-state index contributed by atoms with van der Waals surface area (Å²) in [4.78, 5) is 13.7. The van der Waals surface area contributed by atoms with E-state index in [2.05, 4.69) is 35.8 Å². The minimum absolute atomic E-state index is 0.585. The van der Waals surface area contributed by atoms with Crippen molar-refractivity contribution in [3.05, 3.63) is 11.8 Å². The summed E-state index contributed by atoms with van der Waals surface area (Å²) in [6, 6.07) is 0. The van der Waals surface area contributed by atoms with Crippen molar-refractivity contribution in [2.24, 2.45) is 11.8 Å². The first kappa shape index (κ1) is 16.5. The summed E-state index contributed by atoms with van der Waals surface area (Å²) < 4.78 is 10.9. The van der Waals surface area contributed by atoms with Gasteiger partial charge in [0.15, 0.2) is 0 Å².